The molecule has 3 aliphatic carbocycles. The van der Waals surface area contributed by atoms with E-state index in [1.807, 2.05) is 24.1 Å². The van der Waals surface area contributed by atoms with Crippen molar-refractivity contribution in [3.63, 3.8) is 0 Å². The molecule has 5 heteroatoms. The monoisotopic (exact) mass is 431 g/mol. The van der Waals surface area contributed by atoms with E-state index in [1.54, 1.807) is 12.1 Å². The van der Waals surface area contributed by atoms with E-state index < -0.39 is 0 Å². The van der Waals surface area contributed by atoms with E-state index >= 15 is 0 Å². The van der Waals surface area contributed by atoms with Crippen molar-refractivity contribution in [1.29, 1.82) is 5.26 Å². The van der Waals surface area contributed by atoms with Gasteiger partial charge in [0.1, 0.15) is 0 Å². The van der Waals surface area contributed by atoms with Crippen LogP contribution in [0.5, 0.6) is 0 Å². The number of likely N-dealkylation sites (tertiary alicyclic amines) is 1. The lowest BCUT2D eigenvalue weighted by Crippen LogP contribution is -2.54. The third-order valence-corrected chi connectivity index (χ3v) is 9.62. The van der Waals surface area contributed by atoms with Gasteiger partial charge in [-0.05, 0) is 86.0 Å². The van der Waals surface area contributed by atoms with E-state index in [0.717, 1.165) is 44.2 Å². The Balaban J connectivity index is 1.37. The van der Waals surface area contributed by atoms with Crippen LogP contribution in [-0.4, -0.2) is 23.8 Å². The molecule has 0 aromatic heterocycles. The van der Waals surface area contributed by atoms with Gasteiger partial charge < -0.3 is 10.2 Å². The van der Waals surface area contributed by atoms with Gasteiger partial charge in [-0.15, -0.1) is 0 Å². The lowest BCUT2D eigenvalue weighted by molar-refractivity contribution is -0.137. The van der Waals surface area contributed by atoms with Crippen molar-refractivity contribution < 1.29 is 9.59 Å². The number of benzene rings is 1. The predicted octanol–water partition coefficient (Wildman–Crippen LogP) is 5.10. The van der Waals surface area contributed by atoms with Crippen LogP contribution in [0.25, 0.3) is 0 Å². The zero-order valence-corrected chi connectivity index (χ0v) is 19.4. The summed E-state index contributed by atoms with van der Waals surface area (Å²) in [5.74, 6) is 2.13. The second-order valence-corrected chi connectivity index (χ2v) is 10.9. The normalized spacial score (nSPS) is 38.1. The first kappa shape index (κ1) is 21.2. The Hall–Kier alpha value is -2.61. The van der Waals surface area contributed by atoms with Gasteiger partial charge in [0.05, 0.1) is 11.6 Å². The van der Waals surface area contributed by atoms with Gasteiger partial charge in [-0.3, -0.25) is 9.59 Å². The molecule has 2 saturated carbocycles. The largest absolute Gasteiger partial charge is 0.326 e. The number of nitriles is 1. The zero-order valence-electron chi connectivity index (χ0n) is 19.4. The minimum absolute atomic E-state index is 0.0237. The number of fused-ring (bicyclic) bond motifs is 5. The first-order valence-electron chi connectivity index (χ1n) is 12.1. The summed E-state index contributed by atoms with van der Waals surface area (Å²) in [6, 6.07) is 9.25. The molecule has 1 aliphatic heterocycles. The molecule has 4 aliphatic rings. The van der Waals surface area contributed by atoms with Crippen LogP contribution < -0.4 is 5.32 Å². The van der Waals surface area contributed by atoms with Gasteiger partial charge in [0.2, 0.25) is 11.8 Å². The van der Waals surface area contributed by atoms with Crippen LogP contribution in [0.1, 0.15) is 64.4 Å². The molecule has 1 unspecified atom stereocenters. The number of hydrogen-bond acceptors (Lipinski definition) is 3. The van der Waals surface area contributed by atoms with Crippen LogP contribution in [0.3, 0.4) is 0 Å². The van der Waals surface area contributed by atoms with Crippen LogP contribution in [-0.2, 0) is 9.59 Å². The molecule has 1 aromatic carbocycles. The highest BCUT2D eigenvalue weighted by Crippen LogP contribution is 2.66. The molecule has 5 rings (SSSR count). The molecule has 1 N–H and O–H groups in total. The van der Waals surface area contributed by atoms with Gasteiger partial charge in [0.15, 0.2) is 0 Å². The lowest BCUT2D eigenvalue weighted by Gasteiger charge is -2.58. The van der Waals surface area contributed by atoms with Crippen molar-refractivity contribution in [3.8, 4) is 6.07 Å². The second-order valence-electron chi connectivity index (χ2n) is 10.9. The highest BCUT2D eigenvalue weighted by molar-refractivity contribution is 5.93. The van der Waals surface area contributed by atoms with Crippen LogP contribution in [0.4, 0.5) is 5.69 Å². The number of piperidine rings is 1. The summed E-state index contributed by atoms with van der Waals surface area (Å²) >= 11 is 0. The summed E-state index contributed by atoms with van der Waals surface area (Å²) in [7, 11) is 1.94. The summed E-state index contributed by atoms with van der Waals surface area (Å²) in [4.78, 5) is 27.6. The fourth-order valence-corrected chi connectivity index (χ4v) is 7.87. The van der Waals surface area contributed by atoms with Crippen molar-refractivity contribution in [3.05, 3.63) is 41.6 Å². The fraction of sp³-hybridized carbons (Fsp3) is 0.593. The van der Waals surface area contributed by atoms with E-state index in [9.17, 15) is 9.59 Å². The van der Waals surface area contributed by atoms with Crippen LogP contribution in [0.2, 0.25) is 0 Å². The number of amides is 2. The number of hydrogen-bond donors (Lipinski definition) is 1. The molecule has 0 bridgehead atoms. The van der Waals surface area contributed by atoms with Gasteiger partial charge in [0.25, 0.3) is 0 Å². The number of allylic oxidation sites excluding steroid dienone is 2. The van der Waals surface area contributed by atoms with Gasteiger partial charge in [-0.25, -0.2) is 0 Å². The van der Waals surface area contributed by atoms with Gasteiger partial charge in [-0.1, -0.05) is 19.9 Å². The van der Waals surface area contributed by atoms with Crippen LogP contribution in [0.15, 0.2) is 36.0 Å². The third kappa shape index (κ3) is 3.03. The quantitative estimate of drug-likeness (QED) is 0.708. The topological polar surface area (TPSA) is 73.2 Å². The Labute approximate surface area is 190 Å². The maximum Gasteiger partial charge on any atom is 0.228 e. The number of nitrogens with zero attached hydrogens (tertiary/aromatic N) is 2. The maximum atomic E-state index is 13.3. The van der Waals surface area contributed by atoms with Gasteiger partial charge in [-0.2, -0.15) is 5.26 Å². The number of rotatable bonds is 2. The molecular formula is C27H33N3O2. The summed E-state index contributed by atoms with van der Waals surface area (Å²) in [6.07, 6.45) is 9.22. The number of carbonyl (C=O) groups excluding carboxylic acids is 2. The van der Waals surface area contributed by atoms with E-state index in [0.29, 0.717) is 29.7 Å². The average Bonchev–Trinajstić information content (AvgIpc) is 3.14. The molecule has 6 atom stereocenters. The number of carbonyl (C=O) groups is 2. The summed E-state index contributed by atoms with van der Waals surface area (Å²) in [5.41, 5.74) is 2.71. The highest BCUT2D eigenvalue weighted by atomic mass is 16.2. The molecule has 3 fully saturated rings. The first-order valence-corrected chi connectivity index (χ1v) is 12.1. The first-order chi connectivity index (χ1) is 15.3. The average molecular weight is 432 g/mol. The molecular weight excluding hydrogens is 398 g/mol. The molecule has 2 amide bonds. The van der Waals surface area contributed by atoms with Crippen LogP contribution >= 0.6 is 0 Å². The Kier molecular flexibility index (Phi) is 4.96. The van der Waals surface area contributed by atoms with Gasteiger partial charge in [0, 0.05) is 36.2 Å². The zero-order chi connectivity index (χ0) is 22.7. The van der Waals surface area contributed by atoms with E-state index in [1.165, 1.54) is 5.70 Å². The fourth-order valence-electron chi connectivity index (χ4n) is 7.87. The molecule has 1 aromatic rings. The molecule has 1 heterocycles. The van der Waals surface area contributed by atoms with Gasteiger partial charge >= 0.3 is 0 Å². The summed E-state index contributed by atoms with van der Waals surface area (Å²) < 4.78 is 0. The van der Waals surface area contributed by atoms with Crippen molar-refractivity contribution >= 4 is 17.5 Å². The minimum atomic E-state index is 0.0237. The standard InChI is InChI=1S/C27H33N3O2/c1-26-14-12-21-19(8-11-23-27(21,2)15-13-24(31)30(23)3)20(26)9-10-22(26)25(32)29-18-6-4-17(16-28)5-7-18/h4-7,11,19-22H,8-10,12-15H2,1-3H3,(H,29,32)/t19-,20-,21+,22?,26-,27+/m0/s1. The maximum absolute atomic E-state index is 13.3. The Bertz CT molecular complexity index is 1020. The predicted molar refractivity (Wildman–Crippen MR) is 123 cm³/mol. The lowest BCUT2D eigenvalue weighted by atomic mass is 9.49. The van der Waals surface area contributed by atoms with Crippen molar-refractivity contribution in [2.45, 2.75) is 58.8 Å². The van der Waals surface area contributed by atoms with Crippen molar-refractivity contribution in [2.75, 3.05) is 12.4 Å². The molecule has 0 radical (unpaired) electrons. The van der Waals surface area contributed by atoms with E-state index in [-0.39, 0.29) is 28.6 Å². The third-order valence-electron chi connectivity index (χ3n) is 9.62. The molecule has 0 spiro atoms. The summed E-state index contributed by atoms with van der Waals surface area (Å²) in [5, 5.41) is 12.1. The molecule has 168 valence electrons. The Morgan fingerprint density at radius 2 is 1.88 bits per heavy atom. The SMILES string of the molecule is CN1C(=O)CC[C@@]2(C)C1=CC[C@@H]1[C@H]2CC[C@]2(C)C(C(=O)Nc3ccc(C#N)cc3)CC[C@@H]12. The Morgan fingerprint density at radius 3 is 2.59 bits per heavy atom. The molecule has 32 heavy (non-hydrogen) atoms. The van der Waals surface area contributed by atoms with Crippen LogP contribution in [0, 0.1) is 45.8 Å². The number of anilines is 1. The van der Waals surface area contributed by atoms with E-state index in [2.05, 4.69) is 31.3 Å². The van der Waals surface area contributed by atoms with E-state index in [4.69, 9.17) is 5.26 Å². The summed E-state index contributed by atoms with van der Waals surface area (Å²) in [6.45, 7) is 4.73. The smallest absolute Gasteiger partial charge is 0.228 e. The van der Waals surface area contributed by atoms with Crippen molar-refractivity contribution in [2.24, 2.45) is 34.5 Å². The van der Waals surface area contributed by atoms with Crippen molar-refractivity contribution in [1.82, 2.24) is 4.90 Å². The second kappa shape index (κ2) is 7.47. The Morgan fingerprint density at radius 1 is 1.12 bits per heavy atom. The highest BCUT2D eigenvalue weighted by Gasteiger charge is 2.60. The molecule has 1 saturated heterocycles. The minimum Gasteiger partial charge on any atom is -0.326 e. The molecule has 5 nitrogen and oxygen atoms in total. The number of nitrogens with one attached hydrogen (secondary N) is 1.